The highest BCUT2D eigenvalue weighted by Gasteiger charge is 2.73. The van der Waals surface area contributed by atoms with E-state index in [1.807, 2.05) is 4.90 Å². The zero-order valence-electron chi connectivity index (χ0n) is 15.5. The molecule has 5 rings (SSSR count). The van der Waals surface area contributed by atoms with Crippen molar-refractivity contribution in [3.63, 3.8) is 0 Å². The standard InChI is InChI=1S/C20H31FN2O2/c1-13(2)16(7-14-5-3-4-6-14)17(24)22-15-8-23(9-15)18(25)19-10-20(21,11-19)12-19/h13-16H,3-12H2,1-2H3,(H,22,24). The van der Waals surface area contributed by atoms with Crippen LogP contribution in [-0.4, -0.2) is 41.5 Å². The van der Waals surface area contributed by atoms with Gasteiger partial charge in [0.2, 0.25) is 11.8 Å². The SMILES string of the molecule is CC(C)C(CC1CCCC1)C(=O)NC1CN(C(=O)C23CC(F)(C2)C3)C1. The minimum Gasteiger partial charge on any atom is -0.350 e. The van der Waals surface area contributed by atoms with Crippen LogP contribution >= 0.6 is 0 Å². The first-order valence-corrected chi connectivity index (χ1v) is 10.1. The molecule has 4 nitrogen and oxygen atoms in total. The van der Waals surface area contributed by atoms with Crippen molar-refractivity contribution >= 4 is 11.8 Å². The number of hydrogen-bond donors (Lipinski definition) is 1. The van der Waals surface area contributed by atoms with Gasteiger partial charge in [0.05, 0.1) is 11.5 Å². The number of carbonyl (C=O) groups is 2. The van der Waals surface area contributed by atoms with Crippen LogP contribution in [-0.2, 0) is 9.59 Å². The molecule has 0 radical (unpaired) electrons. The Morgan fingerprint density at radius 3 is 2.28 bits per heavy atom. The third-order valence-corrected chi connectivity index (χ3v) is 7.14. The molecule has 4 saturated carbocycles. The maximum Gasteiger partial charge on any atom is 0.229 e. The number of carbonyl (C=O) groups excluding carboxylic acids is 2. The summed E-state index contributed by atoms with van der Waals surface area (Å²) in [5, 5.41) is 3.16. The van der Waals surface area contributed by atoms with Crippen molar-refractivity contribution in [3.05, 3.63) is 0 Å². The Bertz CT molecular complexity index is 544. The van der Waals surface area contributed by atoms with E-state index in [-0.39, 0.29) is 29.2 Å². The van der Waals surface area contributed by atoms with E-state index in [1.54, 1.807) is 0 Å². The minimum atomic E-state index is -1.03. The Kier molecular flexibility index (Phi) is 4.12. The van der Waals surface area contributed by atoms with E-state index in [0.29, 0.717) is 44.2 Å². The molecule has 1 atom stereocenters. The largest absolute Gasteiger partial charge is 0.350 e. The van der Waals surface area contributed by atoms with Gasteiger partial charge in [-0.25, -0.2) is 4.39 Å². The number of hydrogen-bond acceptors (Lipinski definition) is 2. The molecular weight excluding hydrogens is 319 g/mol. The lowest BCUT2D eigenvalue weighted by molar-refractivity contribution is -0.225. The molecule has 5 heteroatoms. The van der Waals surface area contributed by atoms with E-state index in [9.17, 15) is 14.0 Å². The van der Waals surface area contributed by atoms with Gasteiger partial charge in [0.15, 0.2) is 0 Å². The number of rotatable bonds is 6. The van der Waals surface area contributed by atoms with E-state index in [2.05, 4.69) is 19.2 Å². The Hall–Kier alpha value is -1.13. The molecule has 1 saturated heterocycles. The van der Waals surface area contributed by atoms with Crippen LogP contribution in [0.3, 0.4) is 0 Å². The third-order valence-electron chi connectivity index (χ3n) is 7.14. The quantitative estimate of drug-likeness (QED) is 0.800. The predicted molar refractivity (Wildman–Crippen MR) is 93.5 cm³/mol. The topological polar surface area (TPSA) is 49.4 Å². The van der Waals surface area contributed by atoms with Crippen LogP contribution in [0.1, 0.15) is 65.2 Å². The molecule has 0 aromatic rings. The van der Waals surface area contributed by atoms with Crippen molar-refractivity contribution in [3.8, 4) is 0 Å². The van der Waals surface area contributed by atoms with Crippen molar-refractivity contribution in [1.29, 1.82) is 0 Å². The van der Waals surface area contributed by atoms with Crippen LogP contribution in [0.4, 0.5) is 4.39 Å². The molecule has 140 valence electrons. The first-order chi connectivity index (χ1) is 11.8. The summed E-state index contributed by atoms with van der Waals surface area (Å²) in [4.78, 5) is 27.0. The second-order valence-electron chi connectivity index (χ2n) is 9.61. The molecule has 0 spiro atoms. The fraction of sp³-hybridized carbons (Fsp3) is 0.900. The lowest BCUT2D eigenvalue weighted by Crippen LogP contribution is -2.73. The summed E-state index contributed by atoms with van der Waals surface area (Å²) in [6.07, 6.45) is 7.40. The van der Waals surface area contributed by atoms with Gasteiger partial charge in [0.25, 0.3) is 0 Å². The zero-order valence-corrected chi connectivity index (χ0v) is 15.5. The molecular formula is C20H31FN2O2. The number of nitrogens with one attached hydrogen (secondary N) is 1. The van der Waals surface area contributed by atoms with Crippen LogP contribution in [0.5, 0.6) is 0 Å². The van der Waals surface area contributed by atoms with Crippen LogP contribution in [0.2, 0.25) is 0 Å². The van der Waals surface area contributed by atoms with E-state index >= 15 is 0 Å². The summed E-state index contributed by atoms with van der Waals surface area (Å²) in [5.74, 6) is 1.41. The fourth-order valence-electron chi connectivity index (χ4n) is 5.56. The number of amides is 2. The molecule has 5 aliphatic rings. The molecule has 1 N–H and O–H groups in total. The van der Waals surface area contributed by atoms with E-state index in [1.165, 1.54) is 25.7 Å². The van der Waals surface area contributed by atoms with Crippen molar-refractivity contribution in [2.75, 3.05) is 13.1 Å². The molecule has 2 bridgehead atoms. The second-order valence-corrected chi connectivity index (χ2v) is 9.61. The van der Waals surface area contributed by atoms with Gasteiger partial charge in [0, 0.05) is 19.0 Å². The average molecular weight is 350 g/mol. The summed E-state index contributed by atoms with van der Waals surface area (Å²) >= 11 is 0. The molecule has 1 heterocycles. The van der Waals surface area contributed by atoms with Crippen LogP contribution < -0.4 is 5.32 Å². The fourth-order valence-corrected chi connectivity index (χ4v) is 5.56. The highest BCUT2D eigenvalue weighted by molar-refractivity contribution is 5.88. The lowest BCUT2D eigenvalue weighted by Gasteiger charge is -2.66. The van der Waals surface area contributed by atoms with Gasteiger partial charge in [-0.1, -0.05) is 39.5 Å². The molecule has 0 aromatic carbocycles. The minimum absolute atomic E-state index is 0.0768. The number of likely N-dealkylation sites (tertiary alicyclic amines) is 1. The first kappa shape index (κ1) is 17.3. The molecule has 2 amide bonds. The summed E-state index contributed by atoms with van der Waals surface area (Å²) in [5.41, 5.74) is -1.41. The summed E-state index contributed by atoms with van der Waals surface area (Å²) in [6, 6.07) is 0.0768. The summed E-state index contributed by atoms with van der Waals surface area (Å²) < 4.78 is 13.6. The Labute approximate surface area is 149 Å². The molecule has 0 aromatic heterocycles. The summed E-state index contributed by atoms with van der Waals surface area (Å²) in [6.45, 7) is 5.45. The van der Waals surface area contributed by atoms with Crippen molar-refractivity contribution < 1.29 is 14.0 Å². The smallest absolute Gasteiger partial charge is 0.229 e. The van der Waals surface area contributed by atoms with Gasteiger partial charge in [0.1, 0.15) is 5.67 Å². The van der Waals surface area contributed by atoms with Gasteiger partial charge in [-0.3, -0.25) is 9.59 Å². The second kappa shape index (κ2) is 5.95. The van der Waals surface area contributed by atoms with Crippen LogP contribution in [0, 0.1) is 23.2 Å². The molecule has 25 heavy (non-hydrogen) atoms. The van der Waals surface area contributed by atoms with Crippen molar-refractivity contribution in [1.82, 2.24) is 10.2 Å². The van der Waals surface area contributed by atoms with Gasteiger partial charge in [-0.05, 0) is 37.5 Å². The van der Waals surface area contributed by atoms with Gasteiger partial charge >= 0.3 is 0 Å². The zero-order chi connectivity index (χ0) is 17.8. The lowest BCUT2D eigenvalue weighted by atomic mass is 9.41. The van der Waals surface area contributed by atoms with E-state index in [0.717, 1.165) is 6.42 Å². The average Bonchev–Trinajstić information content (AvgIpc) is 2.95. The normalized spacial score (nSPS) is 35.8. The summed E-state index contributed by atoms with van der Waals surface area (Å²) in [7, 11) is 0. The number of nitrogens with zero attached hydrogens (tertiary/aromatic N) is 1. The molecule has 5 fully saturated rings. The Morgan fingerprint density at radius 2 is 1.76 bits per heavy atom. The molecule has 4 aliphatic carbocycles. The highest BCUT2D eigenvalue weighted by Crippen LogP contribution is 2.70. The number of halogens is 1. The van der Waals surface area contributed by atoms with Gasteiger partial charge in [-0.15, -0.1) is 0 Å². The Morgan fingerprint density at radius 1 is 1.16 bits per heavy atom. The number of alkyl halides is 1. The predicted octanol–water partition coefficient (Wildman–Crippen LogP) is 3.06. The maximum atomic E-state index is 13.6. The van der Waals surface area contributed by atoms with E-state index < -0.39 is 5.67 Å². The first-order valence-electron chi connectivity index (χ1n) is 10.1. The third kappa shape index (κ3) is 2.97. The van der Waals surface area contributed by atoms with Crippen molar-refractivity contribution in [2.24, 2.45) is 23.2 Å². The monoisotopic (exact) mass is 350 g/mol. The molecule has 1 unspecified atom stereocenters. The Balaban J connectivity index is 1.23. The van der Waals surface area contributed by atoms with Gasteiger partial charge in [-0.2, -0.15) is 0 Å². The maximum absolute atomic E-state index is 13.6. The van der Waals surface area contributed by atoms with Crippen LogP contribution in [0.25, 0.3) is 0 Å². The van der Waals surface area contributed by atoms with Crippen molar-refractivity contribution in [2.45, 2.75) is 76.9 Å². The van der Waals surface area contributed by atoms with Crippen LogP contribution in [0.15, 0.2) is 0 Å². The highest BCUT2D eigenvalue weighted by atomic mass is 19.1. The van der Waals surface area contributed by atoms with E-state index in [4.69, 9.17) is 0 Å². The van der Waals surface area contributed by atoms with Gasteiger partial charge < -0.3 is 10.2 Å². The molecule has 1 aliphatic heterocycles.